The van der Waals surface area contributed by atoms with Crippen molar-refractivity contribution < 1.29 is 13.5 Å². The van der Waals surface area contributed by atoms with Gasteiger partial charge in [-0.1, -0.05) is 27.2 Å². The summed E-state index contributed by atoms with van der Waals surface area (Å²) in [6.45, 7) is 6.83. The number of rotatable bonds is 8. The molecule has 2 aromatic heterocycles. The second-order valence-corrected chi connectivity index (χ2v) is 7.48. The number of ether oxygens (including phenoxy) is 1. The highest BCUT2D eigenvalue weighted by molar-refractivity contribution is 5.54. The maximum Gasteiger partial charge on any atom is 0.388 e. The number of aryl methyl sites for hydroxylation is 1. The van der Waals surface area contributed by atoms with Crippen LogP contribution in [-0.2, 0) is 0 Å². The number of H-pyrrole nitrogens is 2. The summed E-state index contributed by atoms with van der Waals surface area (Å²) in [6.07, 6.45) is 3.75. The van der Waals surface area contributed by atoms with Crippen LogP contribution in [0.3, 0.4) is 0 Å². The van der Waals surface area contributed by atoms with Crippen LogP contribution in [0.1, 0.15) is 39.3 Å². The Morgan fingerprint density at radius 2 is 2.04 bits per heavy atom. The van der Waals surface area contributed by atoms with Gasteiger partial charge in [-0.05, 0) is 32.9 Å². The summed E-state index contributed by atoms with van der Waals surface area (Å²) in [5, 5.41) is 8.69. The van der Waals surface area contributed by atoms with E-state index in [0.717, 1.165) is 6.20 Å². The molecule has 10 heteroatoms. The number of nitrogens with zero attached hydrogens (tertiary/aromatic N) is 3. The van der Waals surface area contributed by atoms with Gasteiger partial charge in [0, 0.05) is 12.6 Å². The molecule has 2 aromatic rings. The molecule has 0 unspecified atom stereocenters. The van der Waals surface area contributed by atoms with Gasteiger partial charge >= 0.3 is 6.61 Å². The highest BCUT2D eigenvalue weighted by Crippen LogP contribution is 2.22. The molecule has 28 heavy (non-hydrogen) atoms. The molecular formula is C18H30F2N6O2. The van der Waals surface area contributed by atoms with Crippen LogP contribution in [0.4, 0.5) is 20.4 Å². The van der Waals surface area contributed by atoms with Crippen LogP contribution in [0.5, 0.6) is 5.88 Å². The van der Waals surface area contributed by atoms with E-state index in [2.05, 4.69) is 70.0 Å². The van der Waals surface area contributed by atoms with Crippen molar-refractivity contribution in [3.05, 3.63) is 28.3 Å². The SMILES string of the molecule is CCCC(C)(C)CN(C)C.Cc1ncc(=O)[nH]c1Nc1cc(OC(F)F)n[nH]1. The lowest BCUT2D eigenvalue weighted by atomic mass is 9.88. The maximum absolute atomic E-state index is 11.9. The molecule has 0 aliphatic heterocycles. The molecule has 2 heterocycles. The van der Waals surface area contributed by atoms with Crippen molar-refractivity contribution in [1.82, 2.24) is 25.1 Å². The normalized spacial score (nSPS) is 11.4. The quantitative estimate of drug-likeness (QED) is 0.627. The molecule has 0 aliphatic rings. The van der Waals surface area contributed by atoms with E-state index in [1.54, 1.807) is 6.92 Å². The predicted octanol–water partition coefficient (Wildman–Crippen LogP) is 3.52. The van der Waals surface area contributed by atoms with Gasteiger partial charge in [-0.2, -0.15) is 8.78 Å². The number of halogens is 2. The summed E-state index contributed by atoms with van der Waals surface area (Å²) in [4.78, 5) is 19.7. The van der Waals surface area contributed by atoms with Gasteiger partial charge in [0.2, 0.25) is 5.88 Å². The molecule has 0 spiro atoms. The third kappa shape index (κ3) is 8.94. The maximum atomic E-state index is 11.9. The first kappa shape index (κ1) is 23.5. The highest BCUT2D eigenvalue weighted by atomic mass is 19.3. The van der Waals surface area contributed by atoms with E-state index >= 15 is 0 Å². The van der Waals surface area contributed by atoms with Gasteiger partial charge < -0.3 is 19.9 Å². The largest absolute Gasteiger partial charge is 0.415 e. The van der Waals surface area contributed by atoms with Crippen LogP contribution in [0.25, 0.3) is 0 Å². The lowest BCUT2D eigenvalue weighted by Crippen LogP contribution is -2.28. The minimum Gasteiger partial charge on any atom is -0.415 e. The van der Waals surface area contributed by atoms with E-state index in [4.69, 9.17) is 0 Å². The summed E-state index contributed by atoms with van der Waals surface area (Å²) < 4.78 is 27.9. The molecule has 0 fully saturated rings. The summed E-state index contributed by atoms with van der Waals surface area (Å²) in [6, 6.07) is 1.23. The molecule has 0 saturated carbocycles. The summed E-state index contributed by atoms with van der Waals surface area (Å²) in [5.74, 6) is 0.378. The summed E-state index contributed by atoms with van der Waals surface area (Å²) >= 11 is 0. The van der Waals surface area contributed by atoms with Crippen molar-refractivity contribution in [2.75, 3.05) is 26.0 Å². The first-order valence-corrected chi connectivity index (χ1v) is 9.00. The molecule has 0 amide bonds. The summed E-state index contributed by atoms with van der Waals surface area (Å²) in [7, 11) is 4.27. The fourth-order valence-corrected chi connectivity index (χ4v) is 2.85. The second-order valence-electron chi connectivity index (χ2n) is 7.48. The summed E-state index contributed by atoms with van der Waals surface area (Å²) in [5.41, 5.74) is 0.658. The van der Waals surface area contributed by atoms with Crippen LogP contribution in [0.2, 0.25) is 0 Å². The molecule has 0 saturated heterocycles. The molecule has 158 valence electrons. The third-order valence-corrected chi connectivity index (χ3v) is 3.68. The standard InChI is InChI=1S/C9H9F2N5O2.C9H21N/c1-4-8(14-6(17)3-12-4)13-5-2-7(16-15-5)18-9(10)11;1-6-7-9(2,3)8-10(4)5/h2-3,9H,1H3,(H3,13,14,15,16,17);6-8H2,1-5H3. The number of aromatic nitrogens is 4. The van der Waals surface area contributed by atoms with Crippen molar-refractivity contribution in [3.63, 3.8) is 0 Å². The Morgan fingerprint density at radius 1 is 1.36 bits per heavy atom. The lowest BCUT2D eigenvalue weighted by molar-refractivity contribution is -0.0528. The Morgan fingerprint density at radius 3 is 2.61 bits per heavy atom. The number of anilines is 2. The zero-order valence-corrected chi connectivity index (χ0v) is 17.3. The van der Waals surface area contributed by atoms with E-state index in [-0.39, 0.29) is 17.3 Å². The van der Waals surface area contributed by atoms with E-state index < -0.39 is 6.61 Å². The monoisotopic (exact) mass is 400 g/mol. The third-order valence-electron chi connectivity index (χ3n) is 3.68. The molecule has 0 aromatic carbocycles. The first-order valence-electron chi connectivity index (χ1n) is 9.00. The average Bonchev–Trinajstić information content (AvgIpc) is 2.96. The Hall–Kier alpha value is -2.49. The molecule has 0 bridgehead atoms. The topological polar surface area (TPSA) is 98.9 Å². The number of aromatic amines is 2. The van der Waals surface area contributed by atoms with Gasteiger partial charge in [-0.3, -0.25) is 14.9 Å². The van der Waals surface area contributed by atoms with Crippen molar-refractivity contribution in [3.8, 4) is 5.88 Å². The Balaban J connectivity index is 0.000000336. The van der Waals surface area contributed by atoms with Gasteiger partial charge in [-0.25, -0.2) is 0 Å². The Kier molecular flexibility index (Phi) is 9.04. The molecule has 0 aliphatic carbocycles. The van der Waals surface area contributed by atoms with Crippen LogP contribution in [-0.4, -0.2) is 52.3 Å². The minimum absolute atomic E-state index is 0.253. The predicted molar refractivity (Wildman–Crippen MR) is 105 cm³/mol. The highest BCUT2D eigenvalue weighted by Gasteiger charge is 2.16. The number of nitrogens with one attached hydrogen (secondary N) is 3. The molecule has 0 radical (unpaired) electrons. The van der Waals surface area contributed by atoms with Gasteiger partial charge in [0.05, 0.1) is 11.9 Å². The molecule has 3 N–H and O–H groups in total. The molecule has 8 nitrogen and oxygen atoms in total. The number of hydrogen-bond donors (Lipinski definition) is 3. The van der Waals surface area contributed by atoms with Crippen molar-refractivity contribution in [2.24, 2.45) is 5.41 Å². The number of hydrogen-bond acceptors (Lipinski definition) is 6. The van der Waals surface area contributed by atoms with E-state index in [0.29, 0.717) is 16.9 Å². The minimum atomic E-state index is -2.94. The first-order chi connectivity index (χ1) is 13.0. The van der Waals surface area contributed by atoms with E-state index in [1.165, 1.54) is 25.5 Å². The smallest absolute Gasteiger partial charge is 0.388 e. The zero-order chi connectivity index (χ0) is 21.3. The van der Waals surface area contributed by atoms with Gasteiger partial charge in [0.1, 0.15) is 11.6 Å². The second kappa shape index (κ2) is 10.7. The number of alkyl halides is 2. The van der Waals surface area contributed by atoms with Crippen LogP contribution < -0.4 is 15.6 Å². The van der Waals surface area contributed by atoms with E-state index in [1.807, 2.05) is 0 Å². The fourth-order valence-electron chi connectivity index (χ4n) is 2.85. The zero-order valence-electron chi connectivity index (χ0n) is 17.3. The Bertz CT molecular complexity index is 773. The molecular weight excluding hydrogens is 370 g/mol. The van der Waals surface area contributed by atoms with Crippen molar-refractivity contribution in [1.29, 1.82) is 0 Å². The molecule has 0 atom stereocenters. The van der Waals surface area contributed by atoms with Crippen LogP contribution in [0.15, 0.2) is 17.1 Å². The molecule has 2 rings (SSSR count). The van der Waals surface area contributed by atoms with Crippen molar-refractivity contribution >= 4 is 11.6 Å². The Labute approximate surface area is 163 Å². The van der Waals surface area contributed by atoms with Gasteiger partial charge in [-0.15, -0.1) is 5.10 Å². The van der Waals surface area contributed by atoms with Gasteiger partial charge in [0.15, 0.2) is 0 Å². The lowest BCUT2D eigenvalue weighted by Gasteiger charge is -2.27. The fraction of sp³-hybridized carbons (Fsp3) is 0.611. The van der Waals surface area contributed by atoms with E-state index in [9.17, 15) is 13.6 Å². The van der Waals surface area contributed by atoms with Gasteiger partial charge in [0.25, 0.3) is 5.56 Å². The average molecular weight is 400 g/mol. The van der Waals surface area contributed by atoms with Crippen LogP contribution >= 0.6 is 0 Å². The van der Waals surface area contributed by atoms with Crippen molar-refractivity contribution in [2.45, 2.75) is 47.1 Å². The van der Waals surface area contributed by atoms with Crippen LogP contribution in [0, 0.1) is 12.3 Å².